The molecular formula is C17H19N3O4. The first-order valence-electron chi connectivity index (χ1n) is 7.86. The molecule has 0 bridgehead atoms. The van der Waals surface area contributed by atoms with Gasteiger partial charge in [-0.15, -0.1) is 0 Å². The van der Waals surface area contributed by atoms with E-state index in [1.165, 1.54) is 7.11 Å². The first kappa shape index (κ1) is 16.2. The molecule has 2 heterocycles. The number of hydrogen-bond donors (Lipinski definition) is 0. The predicted octanol–water partition coefficient (Wildman–Crippen LogP) is 2.07. The van der Waals surface area contributed by atoms with Crippen molar-refractivity contribution in [1.29, 1.82) is 0 Å². The van der Waals surface area contributed by atoms with Crippen LogP contribution in [0.5, 0.6) is 0 Å². The second-order valence-corrected chi connectivity index (χ2v) is 5.81. The maximum Gasteiger partial charge on any atom is 0.308 e. The highest BCUT2D eigenvalue weighted by molar-refractivity contribution is 5.94. The molecule has 2 aromatic rings. The first-order valence-corrected chi connectivity index (χ1v) is 7.86. The monoisotopic (exact) mass is 329 g/mol. The third-order valence-electron chi connectivity index (χ3n) is 4.22. The maximum atomic E-state index is 12.6. The van der Waals surface area contributed by atoms with Crippen LogP contribution in [0.25, 0.3) is 11.5 Å². The van der Waals surface area contributed by atoms with E-state index in [0.29, 0.717) is 43.2 Å². The Morgan fingerprint density at radius 1 is 1.21 bits per heavy atom. The van der Waals surface area contributed by atoms with Crippen molar-refractivity contribution in [3.63, 3.8) is 0 Å². The number of benzene rings is 1. The van der Waals surface area contributed by atoms with Gasteiger partial charge < -0.3 is 14.2 Å². The van der Waals surface area contributed by atoms with Crippen LogP contribution in [0.4, 0.5) is 0 Å². The van der Waals surface area contributed by atoms with Crippen molar-refractivity contribution in [3.8, 4) is 11.5 Å². The summed E-state index contributed by atoms with van der Waals surface area (Å²) >= 11 is 0. The number of aromatic nitrogens is 2. The van der Waals surface area contributed by atoms with Crippen molar-refractivity contribution in [1.82, 2.24) is 15.0 Å². The lowest BCUT2D eigenvalue weighted by Gasteiger charge is -2.30. The summed E-state index contributed by atoms with van der Waals surface area (Å²) in [6, 6.07) is 7.09. The molecule has 1 amide bonds. The van der Waals surface area contributed by atoms with Crippen molar-refractivity contribution in [2.45, 2.75) is 19.8 Å². The SMILES string of the molecule is COC(=O)C1CCN(C(=O)c2ccc(-c3nc(C)no3)cc2)CC1. The molecule has 3 rings (SSSR count). The summed E-state index contributed by atoms with van der Waals surface area (Å²) in [6.07, 6.45) is 1.27. The van der Waals surface area contributed by atoms with E-state index in [4.69, 9.17) is 9.26 Å². The van der Waals surface area contributed by atoms with Gasteiger partial charge in [0.1, 0.15) is 0 Å². The maximum absolute atomic E-state index is 12.6. The Bertz CT molecular complexity index is 731. The lowest BCUT2D eigenvalue weighted by molar-refractivity contribution is -0.146. The summed E-state index contributed by atoms with van der Waals surface area (Å²) in [5, 5.41) is 3.75. The Hall–Kier alpha value is -2.70. The molecular weight excluding hydrogens is 310 g/mol. The van der Waals surface area contributed by atoms with Gasteiger partial charge in [0.25, 0.3) is 11.8 Å². The average Bonchev–Trinajstić information content (AvgIpc) is 3.07. The van der Waals surface area contributed by atoms with Crippen LogP contribution in [0.2, 0.25) is 0 Å². The largest absolute Gasteiger partial charge is 0.469 e. The van der Waals surface area contributed by atoms with Crippen molar-refractivity contribution in [2.24, 2.45) is 5.92 Å². The number of ether oxygens (including phenoxy) is 1. The van der Waals surface area contributed by atoms with Crippen LogP contribution < -0.4 is 0 Å². The van der Waals surface area contributed by atoms with E-state index in [-0.39, 0.29) is 17.8 Å². The molecule has 0 atom stereocenters. The Labute approximate surface area is 139 Å². The number of piperidine rings is 1. The van der Waals surface area contributed by atoms with Crippen LogP contribution in [0.3, 0.4) is 0 Å². The van der Waals surface area contributed by atoms with Crippen molar-refractivity contribution in [2.75, 3.05) is 20.2 Å². The van der Waals surface area contributed by atoms with E-state index < -0.39 is 0 Å². The number of carbonyl (C=O) groups excluding carboxylic acids is 2. The van der Waals surface area contributed by atoms with Crippen LogP contribution in [0.1, 0.15) is 29.0 Å². The summed E-state index contributed by atoms with van der Waals surface area (Å²) in [6.45, 7) is 2.87. The smallest absolute Gasteiger partial charge is 0.308 e. The summed E-state index contributed by atoms with van der Waals surface area (Å²) in [5.41, 5.74) is 1.38. The first-order chi connectivity index (χ1) is 11.6. The van der Waals surface area contributed by atoms with Gasteiger partial charge in [0.05, 0.1) is 13.0 Å². The summed E-state index contributed by atoms with van der Waals surface area (Å²) in [5.74, 6) is 0.666. The number of likely N-dealkylation sites (tertiary alicyclic amines) is 1. The molecule has 1 aromatic heterocycles. The van der Waals surface area contributed by atoms with Gasteiger partial charge in [0, 0.05) is 24.2 Å². The van der Waals surface area contributed by atoms with Gasteiger partial charge >= 0.3 is 5.97 Å². The van der Waals surface area contributed by atoms with E-state index in [9.17, 15) is 9.59 Å². The fourth-order valence-electron chi connectivity index (χ4n) is 2.84. The predicted molar refractivity (Wildman–Crippen MR) is 85.1 cm³/mol. The molecule has 1 saturated heterocycles. The van der Waals surface area contributed by atoms with Crippen LogP contribution in [0, 0.1) is 12.8 Å². The zero-order chi connectivity index (χ0) is 17.1. The molecule has 0 saturated carbocycles. The van der Waals surface area contributed by atoms with E-state index in [1.807, 2.05) is 0 Å². The molecule has 0 spiro atoms. The zero-order valence-electron chi connectivity index (χ0n) is 13.7. The lowest BCUT2D eigenvalue weighted by atomic mass is 9.96. The average molecular weight is 329 g/mol. The number of rotatable bonds is 3. The minimum atomic E-state index is -0.193. The van der Waals surface area contributed by atoms with Gasteiger partial charge in [-0.25, -0.2) is 0 Å². The van der Waals surface area contributed by atoms with Crippen LogP contribution in [-0.4, -0.2) is 47.1 Å². The van der Waals surface area contributed by atoms with Gasteiger partial charge in [-0.1, -0.05) is 5.16 Å². The minimum Gasteiger partial charge on any atom is -0.469 e. The van der Waals surface area contributed by atoms with Crippen molar-refractivity contribution in [3.05, 3.63) is 35.7 Å². The standard InChI is InChI=1S/C17H19N3O4/c1-11-18-15(24-19-11)12-3-5-13(6-4-12)16(21)20-9-7-14(8-10-20)17(22)23-2/h3-6,14H,7-10H2,1-2H3. The van der Waals surface area contributed by atoms with E-state index >= 15 is 0 Å². The fraction of sp³-hybridized carbons (Fsp3) is 0.412. The summed E-state index contributed by atoms with van der Waals surface area (Å²) in [4.78, 5) is 30.0. The molecule has 0 N–H and O–H groups in total. The quantitative estimate of drug-likeness (QED) is 0.801. The highest BCUT2D eigenvalue weighted by Crippen LogP contribution is 2.22. The molecule has 1 aromatic carbocycles. The molecule has 1 aliphatic rings. The number of amides is 1. The molecule has 7 nitrogen and oxygen atoms in total. The number of esters is 1. The molecule has 0 aliphatic carbocycles. The summed E-state index contributed by atoms with van der Waals surface area (Å²) in [7, 11) is 1.40. The lowest BCUT2D eigenvalue weighted by Crippen LogP contribution is -2.40. The van der Waals surface area contributed by atoms with Crippen molar-refractivity contribution < 1.29 is 18.8 Å². The van der Waals surface area contributed by atoms with E-state index in [1.54, 1.807) is 36.1 Å². The van der Waals surface area contributed by atoms with E-state index in [2.05, 4.69) is 10.1 Å². The molecule has 0 radical (unpaired) electrons. The van der Waals surface area contributed by atoms with E-state index in [0.717, 1.165) is 5.56 Å². The van der Waals surface area contributed by atoms with Gasteiger partial charge in [-0.2, -0.15) is 4.98 Å². The number of carbonyl (C=O) groups is 2. The number of hydrogen-bond acceptors (Lipinski definition) is 6. The molecule has 24 heavy (non-hydrogen) atoms. The third kappa shape index (κ3) is 3.29. The van der Waals surface area contributed by atoms with Crippen molar-refractivity contribution >= 4 is 11.9 Å². The van der Waals surface area contributed by atoms with Gasteiger partial charge in [0.2, 0.25) is 0 Å². The minimum absolute atomic E-state index is 0.0356. The third-order valence-corrected chi connectivity index (χ3v) is 4.22. The zero-order valence-corrected chi connectivity index (χ0v) is 13.7. The molecule has 1 fully saturated rings. The fourth-order valence-corrected chi connectivity index (χ4v) is 2.84. The molecule has 7 heteroatoms. The number of aryl methyl sites for hydroxylation is 1. The second-order valence-electron chi connectivity index (χ2n) is 5.81. The topological polar surface area (TPSA) is 85.5 Å². The molecule has 0 unspecified atom stereocenters. The Balaban J connectivity index is 1.64. The Kier molecular flexibility index (Phi) is 4.59. The number of nitrogens with zero attached hydrogens (tertiary/aromatic N) is 3. The van der Waals surface area contributed by atoms with Gasteiger partial charge in [-0.3, -0.25) is 9.59 Å². The second kappa shape index (κ2) is 6.82. The normalized spacial score (nSPS) is 15.3. The molecule has 126 valence electrons. The van der Waals surface area contributed by atoms with Gasteiger partial charge in [0.15, 0.2) is 5.82 Å². The molecule has 1 aliphatic heterocycles. The highest BCUT2D eigenvalue weighted by Gasteiger charge is 2.28. The van der Waals surface area contributed by atoms with Gasteiger partial charge in [-0.05, 0) is 44.0 Å². The highest BCUT2D eigenvalue weighted by atomic mass is 16.5. The Morgan fingerprint density at radius 3 is 2.42 bits per heavy atom. The summed E-state index contributed by atoms with van der Waals surface area (Å²) < 4.78 is 9.88. The van der Waals surface area contributed by atoms with Crippen LogP contribution in [0.15, 0.2) is 28.8 Å². The van der Waals surface area contributed by atoms with Crippen LogP contribution in [-0.2, 0) is 9.53 Å². The number of methoxy groups -OCH3 is 1. The van der Waals surface area contributed by atoms with Crippen LogP contribution >= 0.6 is 0 Å². The Morgan fingerprint density at radius 2 is 1.88 bits per heavy atom.